The molecule has 0 saturated carbocycles. The maximum Gasteiger partial charge on any atom is 0.216 e. The van der Waals surface area contributed by atoms with Gasteiger partial charge in [-0.25, -0.2) is 0 Å². The second kappa shape index (κ2) is 6.14. The van der Waals surface area contributed by atoms with Gasteiger partial charge in [0.15, 0.2) is 0 Å². The lowest BCUT2D eigenvalue weighted by molar-refractivity contribution is 0.315. The van der Waals surface area contributed by atoms with E-state index in [1.54, 1.807) is 18.2 Å². The highest BCUT2D eigenvalue weighted by atomic mass is 32.1. The molecule has 2 aromatic rings. The quantitative estimate of drug-likeness (QED) is 0.650. The van der Waals surface area contributed by atoms with E-state index in [-0.39, 0.29) is 5.75 Å². The Kier molecular flexibility index (Phi) is 4.30. The zero-order valence-corrected chi connectivity index (χ0v) is 11.2. The maximum atomic E-state index is 9.86. The first-order chi connectivity index (χ1) is 9.20. The van der Waals surface area contributed by atoms with Gasteiger partial charge in [0.25, 0.3) is 0 Å². The van der Waals surface area contributed by atoms with Crippen LogP contribution in [0.1, 0.15) is 18.9 Å². The number of phenolic OH excluding ortho intramolecular Hbond substituents is 1. The van der Waals surface area contributed by atoms with Gasteiger partial charge in [-0.2, -0.15) is 14.9 Å². The number of aromatic nitrogens is 3. The Bertz CT molecular complexity index is 633. The van der Waals surface area contributed by atoms with Crippen LogP contribution in [0.2, 0.25) is 0 Å². The summed E-state index contributed by atoms with van der Waals surface area (Å²) in [5, 5.41) is 20.3. The third-order valence-electron chi connectivity index (χ3n) is 2.33. The molecule has 100 valence electrons. The summed E-state index contributed by atoms with van der Waals surface area (Å²) in [5.41, 5.74) is 0.576. The first-order valence-corrected chi connectivity index (χ1v) is 6.23. The summed E-state index contributed by atoms with van der Waals surface area (Å²) in [5.74, 6) is 0.740. The number of rotatable bonds is 5. The summed E-state index contributed by atoms with van der Waals surface area (Å²) in [6, 6.07) is 5.07. The van der Waals surface area contributed by atoms with Gasteiger partial charge in [0.05, 0.1) is 12.8 Å². The molecule has 0 amide bonds. The van der Waals surface area contributed by atoms with Gasteiger partial charge in [0.2, 0.25) is 4.77 Å². The summed E-state index contributed by atoms with van der Waals surface area (Å²) >= 11 is 4.95. The summed E-state index contributed by atoms with van der Waals surface area (Å²) in [6.07, 6.45) is 3.88. The van der Waals surface area contributed by atoms with Gasteiger partial charge >= 0.3 is 0 Å². The van der Waals surface area contributed by atoms with Crippen molar-refractivity contribution in [2.75, 3.05) is 6.61 Å². The average molecular weight is 278 g/mol. The third-order valence-corrected chi connectivity index (χ3v) is 2.61. The summed E-state index contributed by atoms with van der Waals surface area (Å²) < 4.78 is 7.21. The summed E-state index contributed by atoms with van der Waals surface area (Å²) in [6.45, 7) is 2.65. The molecular formula is C12H14N4O2S. The van der Waals surface area contributed by atoms with Crippen LogP contribution in [0.15, 0.2) is 29.6 Å². The molecule has 0 atom stereocenters. The molecule has 19 heavy (non-hydrogen) atoms. The van der Waals surface area contributed by atoms with E-state index in [1.807, 2.05) is 6.92 Å². The standard InChI is InChI=1S/C12H14N4O2S/c1-2-5-18-10-4-3-9(11(17)6-10)7-14-16-8-13-15-12(16)19/h3-4,6-8,17H,2,5H2,1H3,(H,15,19)/b14-7+. The van der Waals surface area contributed by atoms with Gasteiger partial charge in [-0.15, -0.1) is 0 Å². The van der Waals surface area contributed by atoms with Crippen LogP contribution in [-0.2, 0) is 0 Å². The predicted molar refractivity (Wildman–Crippen MR) is 74.3 cm³/mol. The molecule has 1 aromatic carbocycles. The molecule has 0 spiro atoms. The molecule has 0 unspecified atom stereocenters. The Labute approximate surface area is 115 Å². The minimum atomic E-state index is 0.104. The van der Waals surface area contributed by atoms with Crippen LogP contribution < -0.4 is 4.74 Å². The molecule has 1 heterocycles. The summed E-state index contributed by atoms with van der Waals surface area (Å²) in [4.78, 5) is 0. The van der Waals surface area contributed by atoms with Crippen molar-refractivity contribution in [1.29, 1.82) is 0 Å². The van der Waals surface area contributed by atoms with E-state index in [9.17, 15) is 5.11 Å². The highest BCUT2D eigenvalue weighted by Crippen LogP contribution is 2.22. The molecule has 0 aliphatic carbocycles. The van der Waals surface area contributed by atoms with E-state index in [2.05, 4.69) is 15.3 Å². The second-order valence-corrected chi connectivity index (χ2v) is 4.21. The molecule has 0 bridgehead atoms. The highest BCUT2D eigenvalue weighted by Gasteiger charge is 2.01. The number of ether oxygens (including phenoxy) is 1. The monoisotopic (exact) mass is 278 g/mol. The van der Waals surface area contributed by atoms with Crippen LogP contribution >= 0.6 is 12.2 Å². The minimum absolute atomic E-state index is 0.104. The van der Waals surface area contributed by atoms with Crippen LogP contribution in [0.4, 0.5) is 0 Å². The molecule has 0 radical (unpaired) electrons. The molecule has 6 nitrogen and oxygen atoms in total. The number of benzene rings is 1. The van der Waals surface area contributed by atoms with E-state index in [1.165, 1.54) is 17.2 Å². The largest absolute Gasteiger partial charge is 0.507 e. The van der Waals surface area contributed by atoms with E-state index in [0.29, 0.717) is 22.7 Å². The Morgan fingerprint density at radius 2 is 2.42 bits per heavy atom. The van der Waals surface area contributed by atoms with Crippen LogP contribution in [0, 0.1) is 4.77 Å². The molecule has 0 aliphatic heterocycles. The fourth-order valence-electron chi connectivity index (χ4n) is 1.39. The van der Waals surface area contributed by atoms with Crippen molar-refractivity contribution in [2.24, 2.45) is 5.10 Å². The lowest BCUT2D eigenvalue weighted by Gasteiger charge is -2.06. The van der Waals surface area contributed by atoms with Crippen LogP contribution in [0.25, 0.3) is 0 Å². The van der Waals surface area contributed by atoms with Gasteiger partial charge in [-0.1, -0.05) is 6.92 Å². The van der Waals surface area contributed by atoms with Crippen molar-refractivity contribution in [2.45, 2.75) is 13.3 Å². The third kappa shape index (κ3) is 3.41. The van der Waals surface area contributed by atoms with Crippen LogP contribution in [0.3, 0.4) is 0 Å². The minimum Gasteiger partial charge on any atom is -0.507 e. The molecule has 1 aromatic heterocycles. The van der Waals surface area contributed by atoms with Gasteiger partial charge < -0.3 is 9.84 Å². The van der Waals surface area contributed by atoms with Crippen molar-refractivity contribution in [3.05, 3.63) is 34.9 Å². The Morgan fingerprint density at radius 1 is 1.58 bits per heavy atom. The molecule has 0 fully saturated rings. The summed E-state index contributed by atoms with van der Waals surface area (Å²) in [7, 11) is 0. The normalized spacial score (nSPS) is 11.0. The van der Waals surface area contributed by atoms with E-state index in [4.69, 9.17) is 17.0 Å². The number of H-pyrrole nitrogens is 1. The zero-order valence-electron chi connectivity index (χ0n) is 10.4. The van der Waals surface area contributed by atoms with E-state index in [0.717, 1.165) is 6.42 Å². The smallest absolute Gasteiger partial charge is 0.216 e. The van der Waals surface area contributed by atoms with Crippen LogP contribution in [0.5, 0.6) is 11.5 Å². The Morgan fingerprint density at radius 3 is 3.05 bits per heavy atom. The lowest BCUT2D eigenvalue weighted by Crippen LogP contribution is -1.95. The molecule has 0 aliphatic rings. The molecular weight excluding hydrogens is 264 g/mol. The Hall–Kier alpha value is -2.15. The average Bonchev–Trinajstić information content (AvgIpc) is 2.81. The van der Waals surface area contributed by atoms with Crippen molar-refractivity contribution < 1.29 is 9.84 Å². The number of nitrogens with one attached hydrogen (secondary N) is 1. The van der Waals surface area contributed by atoms with Crippen molar-refractivity contribution in [3.63, 3.8) is 0 Å². The topological polar surface area (TPSA) is 75.4 Å². The number of hydrogen-bond donors (Lipinski definition) is 2. The molecule has 2 N–H and O–H groups in total. The predicted octanol–water partition coefficient (Wildman–Crippen LogP) is 2.32. The fourth-order valence-corrected chi connectivity index (χ4v) is 1.54. The van der Waals surface area contributed by atoms with Crippen LogP contribution in [-0.4, -0.2) is 32.8 Å². The number of aromatic amines is 1. The number of hydrogen-bond acceptors (Lipinski definition) is 5. The first kappa shape index (κ1) is 13.3. The number of aromatic hydroxyl groups is 1. The zero-order chi connectivity index (χ0) is 13.7. The molecule has 7 heteroatoms. The maximum absolute atomic E-state index is 9.86. The first-order valence-electron chi connectivity index (χ1n) is 5.83. The number of nitrogens with zero attached hydrogens (tertiary/aromatic N) is 3. The highest BCUT2D eigenvalue weighted by molar-refractivity contribution is 7.71. The molecule has 0 saturated heterocycles. The van der Waals surface area contributed by atoms with Crippen molar-refractivity contribution >= 4 is 18.4 Å². The lowest BCUT2D eigenvalue weighted by atomic mass is 10.2. The van der Waals surface area contributed by atoms with E-state index < -0.39 is 0 Å². The van der Waals surface area contributed by atoms with Gasteiger partial charge in [0.1, 0.15) is 17.8 Å². The van der Waals surface area contributed by atoms with Crippen molar-refractivity contribution in [1.82, 2.24) is 14.9 Å². The van der Waals surface area contributed by atoms with Gasteiger partial charge in [-0.05, 0) is 30.8 Å². The molecule has 2 rings (SSSR count). The van der Waals surface area contributed by atoms with Gasteiger partial charge in [-0.3, -0.25) is 5.10 Å². The van der Waals surface area contributed by atoms with Crippen molar-refractivity contribution in [3.8, 4) is 11.5 Å². The SMILES string of the molecule is CCCOc1ccc(/C=N/n2cn[nH]c2=S)c(O)c1. The van der Waals surface area contributed by atoms with E-state index >= 15 is 0 Å². The van der Waals surface area contributed by atoms with Gasteiger partial charge in [0, 0.05) is 11.6 Å². The Balaban J connectivity index is 2.15. The fraction of sp³-hybridized carbons (Fsp3) is 0.250. The second-order valence-electron chi connectivity index (χ2n) is 3.82. The number of phenols is 1.